The van der Waals surface area contributed by atoms with Crippen LogP contribution in [0.5, 0.6) is 0 Å². The van der Waals surface area contributed by atoms with Gasteiger partial charge in [0.15, 0.2) is 5.76 Å². The molecule has 1 aliphatic heterocycles. The largest absolute Gasteiger partial charge is 0.480 e. The molecule has 0 spiro atoms. The van der Waals surface area contributed by atoms with Crippen molar-refractivity contribution < 1.29 is 19.1 Å². The highest BCUT2D eigenvalue weighted by Crippen LogP contribution is 2.26. The third-order valence-electron chi connectivity index (χ3n) is 3.49. The fourth-order valence-corrected chi connectivity index (χ4v) is 2.91. The molecule has 5 nitrogen and oxygen atoms in total. The number of furan rings is 1. The van der Waals surface area contributed by atoms with E-state index in [1.54, 1.807) is 12.1 Å². The van der Waals surface area contributed by atoms with Crippen LogP contribution >= 0.6 is 15.9 Å². The Morgan fingerprint density at radius 1 is 1.35 bits per heavy atom. The second-order valence-electron chi connectivity index (χ2n) is 4.79. The molecule has 1 fully saturated rings. The van der Waals surface area contributed by atoms with Crippen LogP contribution in [-0.4, -0.2) is 34.5 Å². The van der Waals surface area contributed by atoms with Gasteiger partial charge in [0.2, 0.25) is 0 Å². The molecule has 6 heteroatoms. The lowest BCUT2D eigenvalue weighted by Crippen LogP contribution is -2.40. The van der Waals surface area contributed by atoms with Crippen molar-refractivity contribution in [3.8, 4) is 0 Å². The van der Waals surface area contributed by atoms with E-state index >= 15 is 0 Å². The number of amides is 1. The van der Waals surface area contributed by atoms with Gasteiger partial charge in [-0.05, 0) is 37.1 Å². The van der Waals surface area contributed by atoms with Crippen molar-refractivity contribution in [1.82, 2.24) is 4.90 Å². The third kappa shape index (κ3) is 2.20. The van der Waals surface area contributed by atoms with Crippen LogP contribution in [-0.2, 0) is 4.79 Å². The fraction of sp³-hybridized carbons (Fsp3) is 0.286. The van der Waals surface area contributed by atoms with Crippen LogP contribution in [0.15, 0.2) is 33.2 Å². The van der Waals surface area contributed by atoms with Crippen LogP contribution < -0.4 is 0 Å². The molecular formula is C14H12BrNO4. The first-order valence-electron chi connectivity index (χ1n) is 6.29. The standard InChI is InChI=1S/C14H12BrNO4/c15-9-3-4-11-8(6-9)7-12(20-11)13(17)16-5-1-2-10(16)14(18)19/h3-4,6-7,10H,1-2,5H2,(H,18,19)/t10-/m1/s1. The van der Waals surface area contributed by atoms with Crippen LogP contribution in [0.25, 0.3) is 11.0 Å². The number of aliphatic carboxylic acids is 1. The summed E-state index contributed by atoms with van der Waals surface area (Å²) in [5.74, 6) is -1.14. The van der Waals surface area contributed by atoms with Gasteiger partial charge in [0, 0.05) is 16.4 Å². The number of benzene rings is 1. The minimum atomic E-state index is -0.963. The number of hydrogen-bond donors (Lipinski definition) is 1. The molecule has 2 aromatic rings. The Balaban J connectivity index is 1.94. The van der Waals surface area contributed by atoms with Gasteiger partial charge in [-0.25, -0.2) is 4.79 Å². The van der Waals surface area contributed by atoms with Gasteiger partial charge in [0.25, 0.3) is 5.91 Å². The SMILES string of the molecule is O=C(O)[C@H]1CCCN1C(=O)c1cc2cc(Br)ccc2o1. The summed E-state index contributed by atoms with van der Waals surface area (Å²) in [6.07, 6.45) is 1.20. The maximum absolute atomic E-state index is 12.4. The Hall–Kier alpha value is -1.82. The van der Waals surface area contributed by atoms with Gasteiger partial charge in [-0.15, -0.1) is 0 Å². The number of hydrogen-bond acceptors (Lipinski definition) is 3. The van der Waals surface area contributed by atoms with E-state index in [9.17, 15) is 9.59 Å². The Kier molecular flexibility index (Phi) is 3.25. The van der Waals surface area contributed by atoms with Gasteiger partial charge in [0.05, 0.1) is 0 Å². The summed E-state index contributed by atoms with van der Waals surface area (Å²) in [5, 5.41) is 9.94. The zero-order valence-electron chi connectivity index (χ0n) is 10.5. The summed E-state index contributed by atoms with van der Waals surface area (Å²) in [6.45, 7) is 0.455. The molecule has 1 atom stereocenters. The quantitative estimate of drug-likeness (QED) is 0.914. The van der Waals surface area contributed by atoms with E-state index in [1.807, 2.05) is 12.1 Å². The van der Waals surface area contributed by atoms with E-state index in [2.05, 4.69) is 15.9 Å². The second kappa shape index (κ2) is 4.94. The number of carboxylic acid groups (broad SMARTS) is 1. The molecule has 0 saturated carbocycles. The van der Waals surface area contributed by atoms with Gasteiger partial charge < -0.3 is 14.4 Å². The Labute approximate surface area is 123 Å². The molecule has 2 heterocycles. The highest BCUT2D eigenvalue weighted by atomic mass is 79.9. The van der Waals surface area contributed by atoms with Crippen LogP contribution in [0.2, 0.25) is 0 Å². The number of carbonyl (C=O) groups is 2. The lowest BCUT2D eigenvalue weighted by Gasteiger charge is -2.19. The number of likely N-dealkylation sites (tertiary alicyclic amines) is 1. The van der Waals surface area contributed by atoms with E-state index in [1.165, 1.54) is 4.90 Å². The summed E-state index contributed by atoms with van der Waals surface area (Å²) in [4.78, 5) is 24.9. The summed E-state index contributed by atoms with van der Waals surface area (Å²) in [6, 6.07) is 6.36. The van der Waals surface area contributed by atoms with Gasteiger partial charge in [-0.1, -0.05) is 15.9 Å². The highest BCUT2D eigenvalue weighted by molar-refractivity contribution is 9.10. The van der Waals surface area contributed by atoms with Crippen LogP contribution in [0.1, 0.15) is 23.4 Å². The fourth-order valence-electron chi connectivity index (χ4n) is 2.53. The van der Waals surface area contributed by atoms with Gasteiger partial charge in [-0.3, -0.25) is 4.79 Å². The zero-order chi connectivity index (χ0) is 14.3. The first kappa shape index (κ1) is 13.2. The molecule has 0 bridgehead atoms. The zero-order valence-corrected chi connectivity index (χ0v) is 12.1. The first-order chi connectivity index (χ1) is 9.56. The lowest BCUT2D eigenvalue weighted by molar-refractivity contribution is -0.141. The van der Waals surface area contributed by atoms with Crippen molar-refractivity contribution in [2.75, 3.05) is 6.54 Å². The second-order valence-corrected chi connectivity index (χ2v) is 5.70. The molecule has 0 aliphatic carbocycles. The van der Waals surface area contributed by atoms with Crippen molar-refractivity contribution in [2.24, 2.45) is 0 Å². The number of carbonyl (C=O) groups excluding carboxylic acids is 1. The summed E-state index contributed by atoms with van der Waals surface area (Å²) in [7, 11) is 0. The molecule has 1 aliphatic rings. The molecule has 0 radical (unpaired) electrons. The number of fused-ring (bicyclic) bond motifs is 1. The Morgan fingerprint density at radius 3 is 2.90 bits per heavy atom. The monoisotopic (exact) mass is 337 g/mol. The summed E-state index contributed by atoms with van der Waals surface area (Å²) < 4.78 is 6.42. The van der Waals surface area contributed by atoms with Gasteiger partial charge in [-0.2, -0.15) is 0 Å². The number of halogens is 1. The van der Waals surface area contributed by atoms with E-state index in [4.69, 9.17) is 9.52 Å². The smallest absolute Gasteiger partial charge is 0.326 e. The third-order valence-corrected chi connectivity index (χ3v) is 3.98. The highest BCUT2D eigenvalue weighted by Gasteiger charge is 2.35. The molecule has 3 rings (SSSR count). The van der Waals surface area contributed by atoms with Gasteiger partial charge in [0.1, 0.15) is 11.6 Å². The van der Waals surface area contributed by atoms with Crippen molar-refractivity contribution in [2.45, 2.75) is 18.9 Å². The van der Waals surface area contributed by atoms with Crippen molar-refractivity contribution in [3.63, 3.8) is 0 Å². The molecule has 1 amide bonds. The topological polar surface area (TPSA) is 70.8 Å². The average molecular weight is 338 g/mol. The van der Waals surface area contributed by atoms with Crippen molar-refractivity contribution in [3.05, 3.63) is 34.5 Å². The van der Waals surface area contributed by atoms with E-state index in [-0.39, 0.29) is 11.7 Å². The van der Waals surface area contributed by atoms with Crippen molar-refractivity contribution in [1.29, 1.82) is 0 Å². The lowest BCUT2D eigenvalue weighted by atomic mass is 10.2. The van der Waals surface area contributed by atoms with Gasteiger partial charge >= 0.3 is 5.97 Å². The van der Waals surface area contributed by atoms with Crippen molar-refractivity contribution >= 4 is 38.8 Å². The predicted molar refractivity (Wildman–Crippen MR) is 75.6 cm³/mol. The minimum absolute atomic E-state index is 0.186. The Bertz CT molecular complexity index is 694. The summed E-state index contributed by atoms with van der Waals surface area (Å²) in [5.41, 5.74) is 0.614. The molecule has 0 unspecified atom stereocenters. The number of carboxylic acids is 1. The molecule has 1 N–H and O–H groups in total. The van der Waals surface area contributed by atoms with E-state index in [0.29, 0.717) is 25.0 Å². The van der Waals surface area contributed by atoms with Crippen LogP contribution in [0, 0.1) is 0 Å². The first-order valence-corrected chi connectivity index (χ1v) is 7.08. The molecule has 1 saturated heterocycles. The molecular weight excluding hydrogens is 326 g/mol. The number of nitrogens with zero attached hydrogens (tertiary/aromatic N) is 1. The molecule has 1 aromatic heterocycles. The molecule has 1 aromatic carbocycles. The van der Waals surface area contributed by atoms with E-state index < -0.39 is 12.0 Å². The summed E-state index contributed by atoms with van der Waals surface area (Å²) >= 11 is 3.36. The molecule has 20 heavy (non-hydrogen) atoms. The normalized spacial score (nSPS) is 18.6. The Morgan fingerprint density at radius 2 is 2.15 bits per heavy atom. The minimum Gasteiger partial charge on any atom is -0.480 e. The molecule has 104 valence electrons. The maximum Gasteiger partial charge on any atom is 0.326 e. The maximum atomic E-state index is 12.4. The predicted octanol–water partition coefficient (Wildman–Crippen LogP) is 2.88. The average Bonchev–Trinajstić information content (AvgIpc) is 3.03. The van der Waals surface area contributed by atoms with E-state index in [0.717, 1.165) is 9.86 Å². The van der Waals surface area contributed by atoms with Crippen LogP contribution in [0.3, 0.4) is 0 Å². The number of rotatable bonds is 2. The van der Waals surface area contributed by atoms with Crippen LogP contribution in [0.4, 0.5) is 0 Å².